The predicted octanol–water partition coefficient (Wildman–Crippen LogP) is 2.36. The fourth-order valence-corrected chi connectivity index (χ4v) is 2.19. The summed E-state index contributed by atoms with van der Waals surface area (Å²) in [6.45, 7) is 0.715. The number of pyridine rings is 1. The molecule has 1 aromatic carbocycles. The summed E-state index contributed by atoms with van der Waals surface area (Å²) in [4.78, 5) is 4.43. The lowest BCUT2D eigenvalue weighted by Gasteiger charge is -2.10. The summed E-state index contributed by atoms with van der Waals surface area (Å²) in [5.74, 6) is 0. The van der Waals surface area contributed by atoms with Gasteiger partial charge >= 0.3 is 0 Å². The molecule has 3 rings (SSSR count). The molecule has 1 aliphatic carbocycles. The molecule has 18 heavy (non-hydrogen) atoms. The predicted molar refractivity (Wildman–Crippen MR) is 77.3 cm³/mol. The number of thiocarbonyl (C=S) groups is 1. The molecule has 1 aromatic heterocycles. The number of nitrogens with zero attached hydrogens (tertiary/aromatic N) is 1. The fourth-order valence-electron chi connectivity index (χ4n) is 1.95. The topological polar surface area (TPSA) is 37.0 Å². The van der Waals surface area contributed by atoms with Crippen molar-refractivity contribution in [3.63, 3.8) is 0 Å². The Morgan fingerprint density at radius 3 is 2.94 bits per heavy atom. The molecule has 0 aliphatic heterocycles. The van der Waals surface area contributed by atoms with Gasteiger partial charge in [0.05, 0.1) is 5.52 Å². The normalized spacial score (nSPS) is 14.4. The zero-order chi connectivity index (χ0) is 12.4. The largest absolute Gasteiger partial charge is 0.360 e. The zero-order valence-corrected chi connectivity index (χ0v) is 10.8. The Bertz CT molecular complexity index is 573. The maximum atomic E-state index is 5.25. The van der Waals surface area contributed by atoms with Crippen molar-refractivity contribution in [3.05, 3.63) is 42.1 Å². The molecule has 0 unspecified atom stereocenters. The highest BCUT2D eigenvalue weighted by Crippen LogP contribution is 2.18. The van der Waals surface area contributed by atoms with Gasteiger partial charge in [0.25, 0.3) is 0 Å². The van der Waals surface area contributed by atoms with Crippen LogP contribution >= 0.6 is 12.2 Å². The Kier molecular flexibility index (Phi) is 3.11. The van der Waals surface area contributed by atoms with Gasteiger partial charge in [0.15, 0.2) is 5.11 Å². The van der Waals surface area contributed by atoms with E-state index in [2.05, 4.69) is 39.9 Å². The molecule has 1 aliphatic rings. The Morgan fingerprint density at radius 1 is 1.28 bits per heavy atom. The van der Waals surface area contributed by atoms with Crippen LogP contribution in [-0.2, 0) is 6.54 Å². The summed E-state index contributed by atoms with van der Waals surface area (Å²) in [7, 11) is 0. The second-order valence-electron chi connectivity index (χ2n) is 4.59. The third-order valence-corrected chi connectivity index (χ3v) is 3.33. The highest BCUT2D eigenvalue weighted by molar-refractivity contribution is 7.80. The molecular weight excluding hydrogens is 242 g/mol. The summed E-state index contributed by atoms with van der Waals surface area (Å²) >= 11 is 5.25. The molecule has 92 valence electrons. The lowest BCUT2D eigenvalue weighted by molar-refractivity contribution is 0.831. The summed E-state index contributed by atoms with van der Waals surface area (Å²) in [5, 5.41) is 8.42. The van der Waals surface area contributed by atoms with Crippen molar-refractivity contribution in [1.29, 1.82) is 0 Å². The van der Waals surface area contributed by atoms with Crippen molar-refractivity contribution in [2.75, 3.05) is 0 Å². The highest BCUT2D eigenvalue weighted by atomic mass is 32.1. The van der Waals surface area contributed by atoms with Crippen LogP contribution in [-0.4, -0.2) is 16.1 Å². The molecule has 1 fully saturated rings. The first kappa shape index (κ1) is 11.4. The van der Waals surface area contributed by atoms with Gasteiger partial charge in [-0.25, -0.2) is 0 Å². The summed E-state index contributed by atoms with van der Waals surface area (Å²) in [5.41, 5.74) is 2.22. The molecule has 2 N–H and O–H groups in total. The van der Waals surface area contributed by atoms with Crippen molar-refractivity contribution in [2.24, 2.45) is 0 Å². The standard InChI is InChI=1S/C14H15N3S/c18-14(17-12-6-7-12)16-9-11-4-1-3-10-5-2-8-15-13(10)11/h1-5,8,12H,6-7,9H2,(H2,16,17,18). The lowest BCUT2D eigenvalue weighted by atomic mass is 10.1. The molecule has 2 aromatic rings. The Hall–Kier alpha value is -1.68. The van der Waals surface area contributed by atoms with Gasteiger partial charge in [0.1, 0.15) is 0 Å². The lowest BCUT2D eigenvalue weighted by Crippen LogP contribution is -2.36. The molecular formula is C14H15N3S. The molecule has 3 nitrogen and oxygen atoms in total. The van der Waals surface area contributed by atoms with Crippen molar-refractivity contribution >= 4 is 28.2 Å². The van der Waals surface area contributed by atoms with Gasteiger partial charge in [-0.15, -0.1) is 0 Å². The van der Waals surface area contributed by atoms with Crippen LogP contribution < -0.4 is 10.6 Å². The van der Waals surface area contributed by atoms with Crippen LogP contribution in [0, 0.1) is 0 Å². The molecule has 1 saturated carbocycles. The Morgan fingerprint density at radius 2 is 2.11 bits per heavy atom. The maximum absolute atomic E-state index is 5.25. The first-order valence-corrected chi connectivity index (χ1v) is 6.61. The first-order chi connectivity index (χ1) is 8.83. The number of para-hydroxylation sites is 1. The Balaban J connectivity index is 1.71. The van der Waals surface area contributed by atoms with E-state index < -0.39 is 0 Å². The van der Waals surface area contributed by atoms with Gasteiger partial charge in [-0.1, -0.05) is 24.3 Å². The average Bonchev–Trinajstić information content (AvgIpc) is 3.20. The van der Waals surface area contributed by atoms with Crippen molar-refractivity contribution in [2.45, 2.75) is 25.4 Å². The number of benzene rings is 1. The van der Waals surface area contributed by atoms with Crippen LogP contribution in [0.2, 0.25) is 0 Å². The minimum absolute atomic E-state index is 0.593. The van der Waals surface area contributed by atoms with E-state index in [-0.39, 0.29) is 0 Å². The van der Waals surface area contributed by atoms with Gasteiger partial charge in [0.2, 0.25) is 0 Å². The minimum Gasteiger partial charge on any atom is -0.360 e. The SMILES string of the molecule is S=C(NCc1cccc2cccnc12)NC1CC1. The molecule has 0 saturated heterocycles. The van der Waals surface area contributed by atoms with Crippen molar-refractivity contribution in [3.8, 4) is 0 Å². The van der Waals surface area contributed by atoms with Crippen LogP contribution in [0.15, 0.2) is 36.5 Å². The molecule has 0 amide bonds. The number of nitrogens with one attached hydrogen (secondary N) is 2. The monoisotopic (exact) mass is 257 g/mol. The summed E-state index contributed by atoms with van der Waals surface area (Å²) in [6.07, 6.45) is 4.29. The number of hydrogen-bond donors (Lipinski definition) is 2. The summed E-state index contributed by atoms with van der Waals surface area (Å²) in [6, 6.07) is 10.8. The van der Waals surface area contributed by atoms with Crippen LogP contribution in [0.5, 0.6) is 0 Å². The number of rotatable bonds is 3. The zero-order valence-electron chi connectivity index (χ0n) is 10.0. The van der Waals surface area contributed by atoms with Gasteiger partial charge in [-0.3, -0.25) is 4.98 Å². The van der Waals surface area contributed by atoms with Gasteiger partial charge in [-0.05, 0) is 36.7 Å². The van der Waals surface area contributed by atoms with Crippen LogP contribution in [0.1, 0.15) is 18.4 Å². The highest BCUT2D eigenvalue weighted by Gasteiger charge is 2.21. The Labute approximate surface area is 112 Å². The van der Waals surface area contributed by atoms with E-state index in [0.29, 0.717) is 12.6 Å². The number of fused-ring (bicyclic) bond motifs is 1. The van der Waals surface area contributed by atoms with Crippen LogP contribution in [0.25, 0.3) is 10.9 Å². The van der Waals surface area contributed by atoms with Gasteiger partial charge < -0.3 is 10.6 Å². The molecule has 0 spiro atoms. The first-order valence-electron chi connectivity index (χ1n) is 6.20. The third kappa shape index (κ3) is 2.59. The van der Waals surface area contributed by atoms with Crippen LogP contribution in [0.4, 0.5) is 0 Å². The average molecular weight is 257 g/mol. The van der Waals surface area contributed by atoms with Gasteiger partial charge in [0, 0.05) is 24.2 Å². The van der Waals surface area contributed by atoms with E-state index in [1.165, 1.54) is 18.4 Å². The van der Waals surface area contributed by atoms with E-state index in [1.54, 1.807) is 0 Å². The number of hydrogen-bond acceptors (Lipinski definition) is 2. The van der Waals surface area contributed by atoms with E-state index in [4.69, 9.17) is 12.2 Å². The summed E-state index contributed by atoms with van der Waals surface area (Å²) < 4.78 is 0. The van der Waals surface area contributed by atoms with Gasteiger partial charge in [-0.2, -0.15) is 0 Å². The smallest absolute Gasteiger partial charge is 0.166 e. The third-order valence-electron chi connectivity index (χ3n) is 3.07. The second-order valence-corrected chi connectivity index (χ2v) is 5.00. The van der Waals surface area contributed by atoms with Crippen molar-refractivity contribution in [1.82, 2.24) is 15.6 Å². The molecule has 4 heteroatoms. The second kappa shape index (κ2) is 4.90. The molecule has 0 radical (unpaired) electrons. The van der Waals surface area contributed by atoms with E-state index >= 15 is 0 Å². The minimum atomic E-state index is 0.593. The van der Waals surface area contributed by atoms with E-state index in [0.717, 1.165) is 16.0 Å². The number of aromatic nitrogens is 1. The molecule has 0 bridgehead atoms. The molecule has 1 heterocycles. The quantitative estimate of drug-likeness (QED) is 0.828. The van der Waals surface area contributed by atoms with E-state index in [1.807, 2.05) is 12.3 Å². The van der Waals surface area contributed by atoms with Crippen molar-refractivity contribution < 1.29 is 0 Å². The molecule has 0 atom stereocenters. The fraction of sp³-hybridized carbons (Fsp3) is 0.286. The van der Waals surface area contributed by atoms with E-state index in [9.17, 15) is 0 Å². The van der Waals surface area contributed by atoms with Crippen LogP contribution in [0.3, 0.4) is 0 Å². The maximum Gasteiger partial charge on any atom is 0.166 e.